The second kappa shape index (κ2) is 9.87. The molecule has 1 heterocycles. The van der Waals surface area contributed by atoms with E-state index >= 15 is 0 Å². The number of anilines is 2. The fourth-order valence-corrected chi connectivity index (χ4v) is 5.20. The van der Waals surface area contributed by atoms with Crippen LogP contribution in [0, 0.1) is 6.92 Å². The van der Waals surface area contributed by atoms with Crippen LogP contribution in [0.3, 0.4) is 0 Å². The van der Waals surface area contributed by atoms with Crippen LogP contribution in [0.5, 0.6) is 0 Å². The highest BCUT2D eigenvalue weighted by Crippen LogP contribution is 2.47. The van der Waals surface area contributed by atoms with Gasteiger partial charge in [0.25, 0.3) is 0 Å². The van der Waals surface area contributed by atoms with Gasteiger partial charge in [-0.3, -0.25) is 0 Å². The van der Waals surface area contributed by atoms with Gasteiger partial charge in [0.15, 0.2) is 0 Å². The monoisotopic (exact) mass is 467 g/mol. The molecule has 6 rings (SSSR count). The Morgan fingerprint density at radius 2 is 0.917 bits per heavy atom. The molecule has 0 unspecified atom stereocenters. The lowest BCUT2D eigenvalue weighted by Gasteiger charge is -2.40. The summed E-state index contributed by atoms with van der Waals surface area (Å²) in [5, 5.41) is 0. The van der Waals surface area contributed by atoms with Gasteiger partial charge in [0.1, 0.15) is 0 Å². The summed E-state index contributed by atoms with van der Waals surface area (Å²) in [6.45, 7) is 6.74. The first-order valence-electron chi connectivity index (χ1n) is 12.6. The average molecular weight is 468 g/mol. The Morgan fingerprint density at radius 1 is 0.472 bits per heavy atom. The highest BCUT2D eigenvalue weighted by atomic mass is 15.1. The van der Waals surface area contributed by atoms with E-state index in [4.69, 9.17) is 0 Å². The van der Waals surface area contributed by atoms with E-state index in [1.165, 1.54) is 50.3 Å². The second-order valence-electron chi connectivity index (χ2n) is 10.0. The molecule has 0 spiro atoms. The Labute approximate surface area is 215 Å². The fourth-order valence-electron chi connectivity index (χ4n) is 5.20. The summed E-state index contributed by atoms with van der Waals surface area (Å²) < 4.78 is 0. The molecule has 0 bridgehead atoms. The van der Waals surface area contributed by atoms with E-state index < -0.39 is 0 Å². The van der Waals surface area contributed by atoms with Crippen molar-refractivity contribution in [2.75, 3.05) is 11.9 Å². The van der Waals surface area contributed by atoms with Crippen molar-refractivity contribution in [1.29, 1.82) is 0 Å². The van der Waals surface area contributed by atoms with Gasteiger partial charge in [-0.25, -0.2) is 0 Å². The molecule has 0 fully saturated rings. The highest BCUT2D eigenvalue weighted by molar-refractivity contribution is 5.77. The minimum Gasteiger partial charge on any atom is -0.344 e. The van der Waals surface area contributed by atoms with Crippen LogP contribution in [0.25, 0.3) is 22.3 Å². The lowest BCUT2D eigenvalue weighted by atomic mass is 9.74. The third kappa shape index (κ3) is 4.57. The van der Waals surface area contributed by atoms with Crippen LogP contribution in [-0.2, 0) is 5.41 Å². The van der Waals surface area contributed by atoms with E-state index in [9.17, 15) is 0 Å². The molecule has 36 heavy (non-hydrogen) atoms. The zero-order valence-corrected chi connectivity index (χ0v) is 21.6. The largest absolute Gasteiger partial charge is 0.344 e. The number of nitrogens with zero attached hydrogens (tertiary/aromatic N) is 1. The normalized spacial score (nSPS) is 13.2. The summed E-state index contributed by atoms with van der Waals surface area (Å²) in [6, 6.07) is 45.2. The van der Waals surface area contributed by atoms with Crippen molar-refractivity contribution in [3.63, 3.8) is 0 Å². The maximum absolute atomic E-state index is 2.30. The van der Waals surface area contributed by atoms with Crippen molar-refractivity contribution in [2.45, 2.75) is 26.2 Å². The van der Waals surface area contributed by atoms with Crippen molar-refractivity contribution in [3.05, 3.63) is 144 Å². The average Bonchev–Trinajstić information content (AvgIpc) is 2.93. The summed E-state index contributed by atoms with van der Waals surface area (Å²) in [4.78, 5) is 2.29. The SMILES string of the molecule is CN1c2ccccc2C(C)(C)c2ccccc21.Cc1cccc(-c2cccc(-c3ccccc3)c2)c1. The lowest BCUT2D eigenvalue weighted by Crippen LogP contribution is -2.30. The Kier molecular flexibility index (Phi) is 6.48. The van der Waals surface area contributed by atoms with Crippen LogP contribution in [0.1, 0.15) is 30.5 Å². The van der Waals surface area contributed by atoms with Crippen LogP contribution < -0.4 is 4.90 Å². The molecule has 0 saturated heterocycles. The highest BCUT2D eigenvalue weighted by Gasteiger charge is 2.34. The molecular weight excluding hydrogens is 434 g/mol. The molecule has 0 aliphatic carbocycles. The molecule has 5 aromatic carbocycles. The van der Waals surface area contributed by atoms with Gasteiger partial charge in [-0.05, 0) is 58.5 Å². The first-order chi connectivity index (χ1) is 17.4. The Bertz CT molecular complexity index is 1430. The van der Waals surface area contributed by atoms with Crippen molar-refractivity contribution >= 4 is 11.4 Å². The molecule has 1 aliphatic heterocycles. The smallest absolute Gasteiger partial charge is 0.0449 e. The lowest BCUT2D eigenvalue weighted by molar-refractivity contribution is 0.629. The number of para-hydroxylation sites is 2. The first kappa shape index (κ1) is 23.6. The van der Waals surface area contributed by atoms with Crippen LogP contribution in [0.4, 0.5) is 11.4 Å². The number of aryl methyl sites for hydroxylation is 1. The molecule has 0 radical (unpaired) electrons. The van der Waals surface area contributed by atoms with Gasteiger partial charge in [0, 0.05) is 23.8 Å². The first-order valence-corrected chi connectivity index (χ1v) is 12.6. The van der Waals surface area contributed by atoms with E-state index in [2.05, 4.69) is 154 Å². The molecule has 0 aromatic heterocycles. The van der Waals surface area contributed by atoms with Gasteiger partial charge in [-0.15, -0.1) is 0 Å². The zero-order chi connectivity index (χ0) is 25.1. The number of fused-ring (bicyclic) bond motifs is 2. The van der Waals surface area contributed by atoms with E-state index in [0.717, 1.165) is 0 Å². The van der Waals surface area contributed by atoms with Gasteiger partial charge in [0.05, 0.1) is 0 Å². The molecular formula is C35H33N. The van der Waals surface area contributed by atoms with Crippen molar-refractivity contribution in [3.8, 4) is 22.3 Å². The molecule has 0 amide bonds. The standard InChI is InChI=1S/C19H16.C16H17N/c1-15-7-5-10-17(13-15)19-12-6-11-18(14-19)16-8-3-2-4-9-16;1-16(2)12-8-4-6-10-14(12)17(3)15-11-7-5-9-13(15)16/h2-14H,1H3;4-11H,1-3H3. The van der Waals surface area contributed by atoms with Gasteiger partial charge < -0.3 is 4.90 Å². The van der Waals surface area contributed by atoms with Crippen molar-refractivity contribution in [2.24, 2.45) is 0 Å². The van der Waals surface area contributed by atoms with E-state index in [-0.39, 0.29) is 5.41 Å². The topological polar surface area (TPSA) is 3.24 Å². The minimum absolute atomic E-state index is 0.0830. The summed E-state index contributed by atoms with van der Waals surface area (Å²) in [6.07, 6.45) is 0. The van der Waals surface area contributed by atoms with Crippen molar-refractivity contribution in [1.82, 2.24) is 0 Å². The molecule has 1 aliphatic rings. The maximum Gasteiger partial charge on any atom is 0.0449 e. The van der Waals surface area contributed by atoms with Gasteiger partial charge >= 0.3 is 0 Å². The number of hydrogen-bond donors (Lipinski definition) is 0. The summed E-state index contributed by atoms with van der Waals surface area (Å²) in [7, 11) is 2.15. The van der Waals surface area contributed by atoms with Gasteiger partial charge in [0.2, 0.25) is 0 Å². The molecule has 5 aromatic rings. The predicted molar refractivity (Wildman–Crippen MR) is 155 cm³/mol. The Balaban J connectivity index is 0.000000149. The van der Waals surface area contributed by atoms with E-state index in [1.54, 1.807) is 0 Å². The molecule has 0 atom stereocenters. The molecule has 178 valence electrons. The third-order valence-electron chi connectivity index (χ3n) is 7.20. The summed E-state index contributed by atoms with van der Waals surface area (Å²) in [5.41, 5.74) is 11.9. The van der Waals surface area contributed by atoms with Crippen LogP contribution in [0.15, 0.2) is 127 Å². The van der Waals surface area contributed by atoms with Gasteiger partial charge in [-0.2, -0.15) is 0 Å². The molecule has 1 heteroatoms. The molecule has 0 saturated carbocycles. The zero-order valence-electron chi connectivity index (χ0n) is 21.6. The second-order valence-corrected chi connectivity index (χ2v) is 10.0. The quantitative estimate of drug-likeness (QED) is 0.250. The van der Waals surface area contributed by atoms with Crippen LogP contribution >= 0.6 is 0 Å². The van der Waals surface area contributed by atoms with E-state index in [0.29, 0.717) is 0 Å². The van der Waals surface area contributed by atoms with Gasteiger partial charge in [-0.1, -0.05) is 129 Å². The predicted octanol–water partition coefficient (Wildman–Crippen LogP) is 9.42. The third-order valence-corrected chi connectivity index (χ3v) is 7.20. The summed E-state index contributed by atoms with van der Waals surface area (Å²) >= 11 is 0. The van der Waals surface area contributed by atoms with Crippen LogP contribution in [0.2, 0.25) is 0 Å². The molecule has 1 nitrogen and oxygen atoms in total. The number of rotatable bonds is 2. The fraction of sp³-hybridized carbons (Fsp3) is 0.143. The number of hydrogen-bond acceptors (Lipinski definition) is 1. The Hall–Kier alpha value is -4.10. The maximum atomic E-state index is 2.30. The van der Waals surface area contributed by atoms with E-state index in [1.807, 2.05) is 6.07 Å². The number of benzene rings is 5. The molecule has 0 N–H and O–H groups in total. The summed E-state index contributed by atoms with van der Waals surface area (Å²) in [5.74, 6) is 0. The van der Waals surface area contributed by atoms with Crippen LogP contribution in [-0.4, -0.2) is 7.05 Å². The minimum atomic E-state index is 0.0830. The van der Waals surface area contributed by atoms with Crippen molar-refractivity contribution < 1.29 is 0 Å². The Morgan fingerprint density at radius 3 is 1.50 bits per heavy atom.